The molecule has 0 bridgehead atoms. The van der Waals surface area contributed by atoms with Gasteiger partial charge in [0.2, 0.25) is 5.91 Å². The van der Waals surface area contributed by atoms with Crippen LogP contribution in [-0.2, 0) is 19.1 Å². The van der Waals surface area contributed by atoms with Crippen molar-refractivity contribution in [1.29, 1.82) is 0 Å². The molecule has 2 aliphatic rings. The predicted octanol–water partition coefficient (Wildman–Crippen LogP) is -0.178. The number of β-lactam (4-membered cyclic amide) rings is 1. The van der Waals surface area contributed by atoms with Gasteiger partial charge in [-0.1, -0.05) is 0 Å². The van der Waals surface area contributed by atoms with E-state index in [0.717, 1.165) is 11.8 Å². The molecular formula is C10H9N3O5S. The van der Waals surface area contributed by atoms with Crippen molar-refractivity contribution in [2.75, 3.05) is 5.75 Å². The molecule has 1 fully saturated rings. The van der Waals surface area contributed by atoms with Crippen molar-refractivity contribution in [1.82, 2.24) is 4.90 Å². The fraction of sp³-hybridized carbons (Fsp3) is 0.400. The van der Waals surface area contributed by atoms with Crippen molar-refractivity contribution >= 4 is 35.5 Å². The number of carbonyl (C=O) groups excluding carboxylic acids is 2. The largest absolute Gasteiger partial charge is 0.489 e. The summed E-state index contributed by atoms with van der Waals surface area (Å²) in [7, 11) is 0. The van der Waals surface area contributed by atoms with Crippen LogP contribution >= 0.6 is 11.8 Å². The summed E-state index contributed by atoms with van der Waals surface area (Å²) in [4.78, 5) is 37.5. The summed E-state index contributed by atoms with van der Waals surface area (Å²) in [5.74, 6) is -2.71. The van der Waals surface area contributed by atoms with Gasteiger partial charge in [-0.3, -0.25) is 14.5 Å². The summed E-state index contributed by atoms with van der Waals surface area (Å²) >= 11 is 1.32. The van der Waals surface area contributed by atoms with Gasteiger partial charge in [-0.05, 0) is 0 Å². The Morgan fingerprint density at radius 1 is 1.58 bits per heavy atom. The average Bonchev–Trinajstić information content (AvgIpc) is 2.33. The van der Waals surface area contributed by atoms with Crippen LogP contribution in [0.2, 0.25) is 0 Å². The second-order valence-electron chi connectivity index (χ2n) is 3.86. The van der Waals surface area contributed by atoms with E-state index in [0.29, 0.717) is 0 Å². The Morgan fingerprint density at radius 3 is 2.74 bits per heavy atom. The Bertz CT molecular complexity index is 564. The second kappa shape index (κ2) is 4.87. The number of ether oxygens (including phenoxy) is 1. The first-order valence-electron chi connectivity index (χ1n) is 5.26. The summed E-state index contributed by atoms with van der Waals surface area (Å²) in [6.07, 6.45) is 0.272. The molecule has 2 rings (SSSR count). The van der Waals surface area contributed by atoms with Crippen LogP contribution < -0.4 is 0 Å². The Hall–Kier alpha value is -2.12. The number of carbonyl (C=O) groups is 3. The number of esters is 1. The van der Waals surface area contributed by atoms with Crippen molar-refractivity contribution in [2.24, 2.45) is 0 Å². The maximum absolute atomic E-state index is 11.5. The molecule has 1 N–H and O–H groups in total. The molecule has 8 nitrogen and oxygen atoms in total. The van der Waals surface area contributed by atoms with Gasteiger partial charge in [0, 0.05) is 12.7 Å². The summed E-state index contributed by atoms with van der Waals surface area (Å²) in [6.45, 7) is 1.10. The monoisotopic (exact) mass is 283 g/mol. The molecule has 2 aliphatic heterocycles. The van der Waals surface area contributed by atoms with E-state index < -0.39 is 17.8 Å². The molecule has 1 amide bonds. The van der Waals surface area contributed by atoms with Crippen LogP contribution in [0.5, 0.6) is 0 Å². The van der Waals surface area contributed by atoms with E-state index in [4.69, 9.17) is 5.53 Å². The minimum absolute atomic E-state index is 0.0134. The number of hydrogen-bond donors (Lipinski definition) is 1. The highest BCUT2D eigenvalue weighted by atomic mass is 32.2. The third-order valence-corrected chi connectivity index (χ3v) is 3.86. The van der Waals surface area contributed by atoms with Crippen molar-refractivity contribution in [3.63, 3.8) is 0 Å². The summed E-state index contributed by atoms with van der Waals surface area (Å²) in [5, 5.41) is 8.97. The van der Waals surface area contributed by atoms with Crippen LogP contribution in [0, 0.1) is 0 Å². The Kier molecular flexibility index (Phi) is 3.41. The lowest BCUT2D eigenvalue weighted by Crippen LogP contribution is -2.54. The first-order valence-corrected chi connectivity index (χ1v) is 6.31. The van der Waals surface area contributed by atoms with E-state index in [1.807, 2.05) is 0 Å². The summed E-state index contributed by atoms with van der Waals surface area (Å²) in [6, 6.07) is 0. The number of hydrogen-bond acceptors (Lipinski definition) is 5. The molecule has 2 heterocycles. The van der Waals surface area contributed by atoms with Crippen LogP contribution in [-0.4, -0.2) is 49.7 Å². The number of carboxylic acid groups (broad SMARTS) is 1. The Morgan fingerprint density at radius 2 is 2.26 bits per heavy atom. The van der Waals surface area contributed by atoms with E-state index in [2.05, 4.69) is 9.53 Å². The van der Waals surface area contributed by atoms with E-state index >= 15 is 0 Å². The normalized spacial score (nSPS) is 21.2. The minimum Gasteiger partial charge on any atom is -0.477 e. The molecule has 0 unspecified atom stereocenters. The minimum atomic E-state index is -1.33. The van der Waals surface area contributed by atoms with Gasteiger partial charge in [0.1, 0.15) is 11.3 Å². The van der Waals surface area contributed by atoms with E-state index in [9.17, 15) is 19.5 Å². The van der Waals surface area contributed by atoms with Gasteiger partial charge in [-0.25, -0.2) is 4.79 Å². The van der Waals surface area contributed by atoms with Gasteiger partial charge in [-0.15, -0.1) is 16.6 Å². The molecule has 19 heavy (non-hydrogen) atoms. The van der Waals surface area contributed by atoms with Gasteiger partial charge in [-0.2, -0.15) is 0 Å². The van der Waals surface area contributed by atoms with Crippen LogP contribution in [0.15, 0.2) is 11.3 Å². The number of carboxylic acids is 1. The zero-order valence-electron chi connectivity index (χ0n) is 9.82. The van der Waals surface area contributed by atoms with Crippen LogP contribution in [0.25, 0.3) is 5.53 Å². The maximum atomic E-state index is 11.5. The number of fused-ring (bicyclic) bond motifs is 1. The molecule has 0 aromatic carbocycles. The first kappa shape index (κ1) is 13.3. The quantitative estimate of drug-likeness (QED) is 0.187. The van der Waals surface area contributed by atoms with Gasteiger partial charge >= 0.3 is 17.8 Å². The molecule has 0 aromatic heterocycles. The summed E-state index contributed by atoms with van der Waals surface area (Å²) < 4.78 is 4.65. The summed E-state index contributed by atoms with van der Waals surface area (Å²) in [5.41, 5.74) is 8.55. The SMILES string of the molecule is CC(=O)OC(=[N+]=[N-])C1=C(C(=O)O)N2C(=O)C[C@H]2SC1. The molecule has 1 atom stereocenters. The van der Waals surface area contributed by atoms with Crippen molar-refractivity contribution in [2.45, 2.75) is 18.7 Å². The fourth-order valence-corrected chi connectivity index (χ4v) is 3.11. The number of thioether (sulfide) groups is 1. The molecular weight excluding hydrogens is 274 g/mol. The molecule has 100 valence electrons. The topological polar surface area (TPSA) is 120 Å². The second-order valence-corrected chi connectivity index (χ2v) is 5.03. The van der Waals surface area contributed by atoms with E-state index in [1.54, 1.807) is 0 Å². The zero-order valence-corrected chi connectivity index (χ0v) is 10.6. The Labute approximate surface area is 111 Å². The molecule has 0 aliphatic carbocycles. The fourth-order valence-electron chi connectivity index (χ4n) is 1.86. The van der Waals surface area contributed by atoms with E-state index in [1.165, 1.54) is 11.8 Å². The van der Waals surface area contributed by atoms with Crippen molar-refractivity contribution < 1.29 is 29.0 Å². The molecule has 9 heteroatoms. The highest BCUT2D eigenvalue weighted by Crippen LogP contribution is 2.40. The standard InChI is InChI=1S/C10H9N3O5S/c1-4(14)18-9(12-11)5-3-19-7-2-6(15)13(7)8(5)10(16)17/h7H,2-3H2,1H3,(H,16,17)/t7-/m1/s1. The predicted molar refractivity (Wildman–Crippen MR) is 62.8 cm³/mol. The highest BCUT2D eigenvalue weighted by Gasteiger charge is 2.48. The van der Waals surface area contributed by atoms with Crippen molar-refractivity contribution in [3.8, 4) is 0 Å². The number of nitrogens with zero attached hydrogens (tertiary/aromatic N) is 3. The molecule has 0 saturated carbocycles. The molecule has 0 aromatic rings. The van der Waals surface area contributed by atoms with E-state index in [-0.39, 0.29) is 34.7 Å². The molecule has 0 radical (unpaired) electrons. The Balaban J connectivity index is 2.47. The third-order valence-electron chi connectivity index (χ3n) is 2.64. The number of aliphatic carboxylic acids is 1. The first-order chi connectivity index (χ1) is 8.95. The van der Waals surface area contributed by atoms with Gasteiger partial charge in [0.15, 0.2) is 0 Å². The zero-order chi connectivity index (χ0) is 14.2. The smallest absolute Gasteiger partial charge is 0.477 e. The molecule has 1 saturated heterocycles. The lowest BCUT2D eigenvalue weighted by Gasteiger charge is -2.42. The third kappa shape index (κ3) is 2.25. The lowest BCUT2D eigenvalue weighted by molar-refractivity contribution is -0.146. The highest BCUT2D eigenvalue weighted by molar-refractivity contribution is 8.00. The van der Waals surface area contributed by atoms with Crippen LogP contribution in [0.3, 0.4) is 0 Å². The number of rotatable bonds is 2. The maximum Gasteiger partial charge on any atom is 0.489 e. The molecule has 0 spiro atoms. The van der Waals surface area contributed by atoms with Gasteiger partial charge in [0.25, 0.3) is 0 Å². The van der Waals surface area contributed by atoms with Crippen LogP contribution in [0.1, 0.15) is 13.3 Å². The van der Waals surface area contributed by atoms with Crippen molar-refractivity contribution in [3.05, 3.63) is 16.8 Å². The van der Waals surface area contributed by atoms with Gasteiger partial charge < -0.3 is 15.4 Å². The lowest BCUT2D eigenvalue weighted by atomic mass is 10.1. The van der Waals surface area contributed by atoms with Gasteiger partial charge in [0.05, 0.1) is 11.8 Å². The number of amides is 1. The average molecular weight is 283 g/mol. The van der Waals surface area contributed by atoms with Crippen LogP contribution in [0.4, 0.5) is 0 Å².